The fourth-order valence-corrected chi connectivity index (χ4v) is 2.53. The third-order valence-electron chi connectivity index (χ3n) is 2.36. The number of esters is 2. The molecule has 0 aromatic rings. The van der Waals surface area contributed by atoms with E-state index in [2.05, 4.69) is 17.8 Å². The molecule has 0 bridgehead atoms. The van der Waals surface area contributed by atoms with Gasteiger partial charge in [0.2, 0.25) is 12.2 Å². The number of rotatable bonds is 13. The van der Waals surface area contributed by atoms with E-state index in [1.807, 2.05) is 0 Å². The SMILES string of the molecule is COCCOC(=O)C(OS(C)(=O)=O)C(OS(C)(=O)=O)C(=O)OCCOC. The molecule has 0 saturated carbocycles. The molecule has 2 unspecified atom stereocenters. The second kappa shape index (κ2) is 11.4. The van der Waals surface area contributed by atoms with Crippen LogP contribution in [0, 0.1) is 0 Å². The molecule has 0 aromatic heterocycles. The van der Waals surface area contributed by atoms with Gasteiger partial charge in [0.1, 0.15) is 13.2 Å². The van der Waals surface area contributed by atoms with Gasteiger partial charge in [-0.25, -0.2) is 9.59 Å². The third-order valence-corrected chi connectivity index (χ3v) is 3.47. The van der Waals surface area contributed by atoms with Crippen LogP contribution >= 0.6 is 0 Å². The molecule has 0 fully saturated rings. The highest BCUT2D eigenvalue weighted by molar-refractivity contribution is 7.86. The Labute approximate surface area is 151 Å². The number of methoxy groups -OCH3 is 2. The van der Waals surface area contributed by atoms with Crippen molar-refractivity contribution in [2.75, 3.05) is 53.2 Å². The second-order valence-corrected chi connectivity index (χ2v) is 7.96. The smallest absolute Gasteiger partial charge is 0.340 e. The molecule has 0 rings (SSSR count). The van der Waals surface area contributed by atoms with Crippen LogP contribution in [0.2, 0.25) is 0 Å². The summed E-state index contributed by atoms with van der Waals surface area (Å²) in [6.07, 6.45) is -3.30. The first-order chi connectivity index (χ1) is 11.9. The lowest BCUT2D eigenvalue weighted by Gasteiger charge is -2.22. The summed E-state index contributed by atoms with van der Waals surface area (Å²) in [4.78, 5) is 24.2. The van der Waals surface area contributed by atoms with Gasteiger partial charge in [0, 0.05) is 14.2 Å². The van der Waals surface area contributed by atoms with Gasteiger partial charge >= 0.3 is 11.9 Å². The van der Waals surface area contributed by atoms with Crippen LogP contribution in [0.4, 0.5) is 0 Å². The molecule has 12 nitrogen and oxygen atoms in total. The van der Waals surface area contributed by atoms with E-state index in [0.29, 0.717) is 12.5 Å². The Morgan fingerprint density at radius 1 is 0.692 bits per heavy atom. The Bertz CT molecular complexity index is 596. The normalized spacial score (nSPS) is 14.5. The number of carbonyl (C=O) groups is 2. The molecule has 154 valence electrons. The Morgan fingerprint density at radius 2 is 1.00 bits per heavy atom. The van der Waals surface area contributed by atoms with Crippen LogP contribution in [0.5, 0.6) is 0 Å². The predicted octanol–water partition coefficient (Wildman–Crippen LogP) is -1.94. The number of carbonyl (C=O) groups excluding carboxylic acids is 2. The summed E-state index contributed by atoms with van der Waals surface area (Å²) in [6.45, 7) is -0.674. The number of hydrogen-bond acceptors (Lipinski definition) is 12. The van der Waals surface area contributed by atoms with Crippen molar-refractivity contribution in [3.63, 3.8) is 0 Å². The largest absolute Gasteiger partial charge is 0.461 e. The molecule has 0 aliphatic carbocycles. The van der Waals surface area contributed by atoms with Crippen molar-refractivity contribution in [1.29, 1.82) is 0 Å². The van der Waals surface area contributed by atoms with Crippen LogP contribution < -0.4 is 0 Å². The molecule has 0 heterocycles. The predicted molar refractivity (Wildman–Crippen MR) is 85.1 cm³/mol. The fraction of sp³-hybridized carbons (Fsp3) is 0.833. The van der Waals surface area contributed by atoms with E-state index >= 15 is 0 Å². The average Bonchev–Trinajstić information content (AvgIpc) is 2.49. The van der Waals surface area contributed by atoms with Crippen molar-refractivity contribution in [1.82, 2.24) is 0 Å². The third kappa shape index (κ3) is 11.3. The zero-order valence-corrected chi connectivity index (χ0v) is 16.3. The Balaban J connectivity index is 5.58. The van der Waals surface area contributed by atoms with E-state index < -0.39 is 44.4 Å². The van der Waals surface area contributed by atoms with Gasteiger partial charge in [-0.2, -0.15) is 16.8 Å². The van der Waals surface area contributed by atoms with E-state index in [9.17, 15) is 26.4 Å². The lowest BCUT2D eigenvalue weighted by molar-refractivity contribution is -0.169. The first-order valence-electron chi connectivity index (χ1n) is 6.99. The molecule has 0 amide bonds. The highest BCUT2D eigenvalue weighted by Gasteiger charge is 2.43. The van der Waals surface area contributed by atoms with Gasteiger partial charge in [0.05, 0.1) is 25.7 Å². The molecule has 0 aliphatic rings. The summed E-state index contributed by atoms with van der Waals surface area (Å²) in [5.41, 5.74) is 0. The van der Waals surface area contributed by atoms with Crippen LogP contribution in [-0.4, -0.2) is 94.1 Å². The number of hydrogen-bond donors (Lipinski definition) is 0. The van der Waals surface area contributed by atoms with Gasteiger partial charge < -0.3 is 18.9 Å². The molecule has 0 aromatic carbocycles. The molecule has 0 spiro atoms. The zero-order chi connectivity index (χ0) is 20.4. The van der Waals surface area contributed by atoms with Crippen molar-refractivity contribution >= 4 is 32.2 Å². The van der Waals surface area contributed by atoms with Crippen LogP contribution in [0.25, 0.3) is 0 Å². The quantitative estimate of drug-likeness (QED) is 0.184. The monoisotopic (exact) mass is 422 g/mol. The fourth-order valence-electron chi connectivity index (χ4n) is 1.42. The van der Waals surface area contributed by atoms with Gasteiger partial charge in [0.25, 0.3) is 20.2 Å². The standard InChI is InChI=1S/C12H22O12S2/c1-19-5-7-21-11(13)9(23-25(3,15)16)10(24-26(4,17)18)12(14)22-8-6-20-2/h9-10H,5-8H2,1-4H3. The van der Waals surface area contributed by atoms with E-state index in [1.54, 1.807) is 0 Å². The molecule has 0 N–H and O–H groups in total. The summed E-state index contributed by atoms with van der Waals surface area (Å²) >= 11 is 0. The summed E-state index contributed by atoms with van der Waals surface area (Å²) in [5, 5.41) is 0. The van der Waals surface area contributed by atoms with Gasteiger partial charge in [-0.05, 0) is 0 Å². The Morgan fingerprint density at radius 3 is 1.23 bits per heavy atom. The van der Waals surface area contributed by atoms with Crippen LogP contribution in [0.3, 0.4) is 0 Å². The van der Waals surface area contributed by atoms with Gasteiger partial charge in [-0.3, -0.25) is 8.37 Å². The minimum Gasteiger partial charge on any atom is -0.461 e. The van der Waals surface area contributed by atoms with Crippen LogP contribution in [0.15, 0.2) is 0 Å². The Kier molecular flexibility index (Phi) is 10.8. The first-order valence-corrected chi connectivity index (χ1v) is 10.6. The van der Waals surface area contributed by atoms with Crippen molar-refractivity contribution in [2.24, 2.45) is 0 Å². The maximum Gasteiger partial charge on any atom is 0.340 e. The molecule has 0 radical (unpaired) electrons. The van der Waals surface area contributed by atoms with E-state index in [4.69, 9.17) is 9.47 Å². The lowest BCUT2D eigenvalue weighted by atomic mass is 10.2. The topological polar surface area (TPSA) is 158 Å². The first kappa shape index (κ1) is 24.7. The molecular weight excluding hydrogens is 400 g/mol. The maximum absolute atomic E-state index is 12.1. The van der Waals surface area contributed by atoms with E-state index in [-0.39, 0.29) is 26.4 Å². The minimum atomic E-state index is -4.30. The molecule has 2 atom stereocenters. The summed E-state index contributed by atoms with van der Waals surface area (Å²) in [6, 6.07) is 0. The number of ether oxygens (including phenoxy) is 4. The summed E-state index contributed by atoms with van der Waals surface area (Å²) in [5.74, 6) is -2.71. The highest BCUT2D eigenvalue weighted by atomic mass is 32.2. The molecule has 14 heteroatoms. The molecular formula is C12H22O12S2. The van der Waals surface area contributed by atoms with Crippen molar-refractivity contribution < 1.29 is 53.7 Å². The molecule has 0 aliphatic heterocycles. The minimum absolute atomic E-state index is 0.0345. The summed E-state index contributed by atoms with van der Waals surface area (Å²) in [7, 11) is -5.95. The summed E-state index contributed by atoms with van der Waals surface area (Å²) < 4.78 is 73.3. The van der Waals surface area contributed by atoms with Crippen molar-refractivity contribution in [2.45, 2.75) is 12.2 Å². The van der Waals surface area contributed by atoms with Gasteiger partial charge in [0.15, 0.2) is 0 Å². The van der Waals surface area contributed by atoms with Crippen molar-refractivity contribution in [3.05, 3.63) is 0 Å². The second-order valence-electron chi connectivity index (χ2n) is 4.76. The van der Waals surface area contributed by atoms with Gasteiger partial charge in [-0.1, -0.05) is 0 Å². The van der Waals surface area contributed by atoms with Crippen LogP contribution in [-0.2, 0) is 57.1 Å². The van der Waals surface area contributed by atoms with Crippen LogP contribution in [0.1, 0.15) is 0 Å². The lowest BCUT2D eigenvalue weighted by Crippen LogP contribution is -2.47. The maximum atomic E-state index is 12.1. The van der Waals surface area contributed by atoms with E-state index in [1.165, 1.54) is 14.2 Å². The van der Waals surface area contributed by atoms with Gasteiger partial charge in [-0.15, -0.1) is 0 Å². The highest BCUT2D eigenvalue weighted by Crippen LogP contribution is 2.14. The zero-order valence-electron chi connectivity index (χ0n) is 14.7. The van der Waals surface area contributed by atoms with Crippen molar-refractivity contribution in [3.8, 4) is 0 Å². The molecule has 0 saturated heterocycles. The Hall–Kier alpha value is -1.32. The average molecular weight is 422 g/mol. The molecule has 26 heavy (non-hydrogen) atoms. The van der Waals surface area contributed by atoms with E-state index in [0.717, 1.165) is 0 Å².